The standard InChI is InChI=1S/C23H27N3O2/c1-15-13-16(2)22(17(3)21(15)23(27)28-4)25-19-9-11-26(12-10-19)20-8-6-5-7-18(20)14-24/h5-8,13,19,25H,9-12H2,1-4H3. The van der Waals surface area contributed by atoms with Gasteiger partial charge in [-0.25, -0.2) is 4.79 Å². The quantitative estimate of drug-likeness (QED) is 0.803. The van der Waals surface area contributed by atoms with E-state index >= 15 is 0 Å². The molecule has 0 saturated carbocycles. The molecule has 0 radical (unpaired) electrons. The van der Waals surface area contributed by atoms with Crippen molar-refractivity contribution in [2.45, 2.75) is 39.7 Å². The molecule has 2 aromatic carbocycles. The van der Waals surface area contributed by atoms with Crippen LogP contribution in [0.3, 0.4) is 0 Å². The lowest BCUT2D eigenvalue weighted by molar-refractivity contribution is 0.0599. The lowest BCUT2D eigenvalue weighted by Gasteiger charge is -2.35. The van der Waals surface area contributed by atoms with E-state index in [2.05, 4.69) is 23.2 Å². The van der Waals surface area contributed by atoms with Gasteiger partial charge in [-0.1, -0.05) is 18.2 Å². The highest BCUT2D eigenvalue weighted by Crippen LogP contribution is 2.30. The lowest BCUT2D eigenvalue weighted by atomic mass is 9.95. The van der Waals surface area contributed by atoms with Gasteiger partial charge in [0, 0.05) is 24.8 Å². The van der Waals surface area contributed by atoms with E-state index in [9.17, 15) is 10.1 Å². The number of esters is 1. The molecule has 0 spiro atoms. The predicted molar refractivity (Wildman–Crippen MR) is 112 cm³/mol. The number of hydrogen-bond donors (Lipinski definition) is 1. The lowest BCUT2D eigenvalue weighted by Crippen LogP contribution is -2.39. The normalized spacial score (nSPS) is 14.5. The highest BCUT2D eigenvalue weighted by molar-refractivity contribution is 5.94. The van der Waals surface area contributed by atoms with Crippen LogP contribution in [0.25, 0.3) is 0 Å². The van der Waals surface area contributed by atoms with E-state index in [1.807, 2.05) is 44.2 Å². The fraction of sp³-hybridized carbons (Fsp3) is 0.391. The first-order valence-corrected chi connectivity index (χ1v) is 9.66. The number of para-hydroxylation sites is 1. The average molecular weight is 377 g/mol. The summed E-state index contributed by atoms with van der Waals surface area (Å²) in [7, 11) is 1.42. The maximum atomic E-state index is 12.2. The molecule has 0 unspecified atom stereocenters. The van der Waals surface area contributed by atoms with Crippen LogP contribution in [-0.4, -0.2) is 32.2 Å². The van der Waals surface area contributed by atoms with Crippen molar-refractivity contribution in [2.24, 2.45) is 0 Å². The SMILES string of the molecule is COC(=O)c1c(C)cc(C)c(NC2CCN(c3ccccc3C#N)CC2)c1C. The maximum Gasteiger partial charge on any atom is 0.338 e. The zero-order valence-electron chi connectivity index (χ0n) is 17.0. The summed E-state index contributed by atoms with van der Waals surface area (Å²) in [4.78, 5) is 14.5. The average Bonchev–Trinajstić information content (AvgIpc) is 2.71. The molecule has 1 fully saturated rings. The number of piperidine rings is 1. The van der Waals surface area contributed by atoms with Crippen LogP contribution in [-0.2, 0) is 4.74 Å². The van der Waals surface area contributed by atoms with Crippen molar-refractivity contribution in [3.8, 4) is 6.07 Å². The van der Waals surface area contributed by atoms with Crippen molar-refractivity contribution < 1.29 is 9.53 Å². The molecule has 2 aromatic rings. The number of ether oxygens (including phenoxy) is 1. The molecule has 5 nitrogen and oxygen atoms in total. The zero-order valence-corrected chi connectivity index (χ0v) is 17.0. The Morgan fingerprint density at radius 3 is 2.50 bits per heavy atom. The Balaban J connectivity index is 1.75. The molecular formula is C23H27N3O2. The van der Waals surface area contributed by atoms with E-state index in [1.165, 1.54) is 7.11 Å². The summed E-state index contributed by atoms with van der Waals surface area (Å²) in [6.07, 6.45) is 1.94. The number of anilines is 2. The molecule has 1 N–H and O–H groups in total. The highest BCUT2D eigenvalue weighted by Gasteiger charge is 2.23. The highest BCUT2D eigenvalue weighted by atomic mass is 16.5. The predicted octanol–water partition coefficient (Wildman–Crippen LogP) is 4.35. The van der Waals surface area contributed by atoms with Gasteiger partial charge in [-0.15, -0.1) is 0 Å². The maximum absolute atomic E-state index is 12.2. The first-order chi connectivity index (χ1) is 13.5. The minimum Gasteiger partial charge on any atom is -0.465 e. The number of carbonyl (C=O) groups excluding carboxylic acids is 1. The zero-order chi connectivity index (χ0) is 20.3. The van der Waals surface area contributed by atoms with Crippen LogP contribution >= 0.6 is 0 Å². The molecule has 1 aliphatic rings. The summed E-state index contributed by atoms with van der Waals surface area (Å²) in [5, 5.41) is 13.0. The number of benzene rings is 2. The van der Waals surface area contributed by atoms with Gasteiger partial charge < -0.3 is 15.0 Å². The Bertz CT molecular complexity index is 922. The summed E-state index contributed by atoms with van der Waals surface area (Å²) in [5.41, 5.74) is 6.44. The fourth-order valence-electron chi connectivity index (χ4n) is 4.14. The smallest absolute Gasteiger partial charge is 0.338 e. The van der Waals surface area contributed by atoms with Gasteiger partial charge in [-0.3, -0.25) is 0 Å². The third-order valence-corrected chi connectivity index (χ3v) is 5.57. The van der Waals surface area contributed by atoms with E-state index in [4.69, 9.17) is 4.74 Å². The van der Waals surface area contributed by atoms with E-state index in [0.717, 1.165) is 59.6 Å². The van der Waals surface area contributed by atoms with Gasteiger partial charge in [-0.05, 0) is 62.4 Å². The van der Waals surface area contributed by atoms with Gasteiger partial charge in [-0.2, -0.15) is 5.26 Å². The van der Waals surface area contributed by atoms with E-state index in [-0.39, 0.29) is 5.97 Å². The van der Waals surface area contributed by atoms with E-state index < -0.39 is 0 Å². The molecule has 28 heavy (non-hydrogen) atoms. The van der Waals surface area contributed by atoms with E-state index in [1.54, 1.807) is 0 Å². The van der Waals surface area contributed by atoms with Crippen LogP contribution in [0.2, 0.25) is 0 Å². The van der Waals surface area contributed by atoms with Gasteiger partial charge in [0.05, 0.1) is 23.9 Å². The molecular weight excluding hydrogens is 350 g/mol. The molecule has 3 rings (SSSR count). The summed E-state index contributed by atoms with van der Waals surface area (Å²) >= 11 is 0. The fourth-order valence-corrected chi connectivity index (χ4v) is 4.14. The molecule has 1 aliphatic heterocycles. The molecule has 0 bridgehead atoms. The minimum atomic E-state index is -0.291. The first kappa shape index (κ1) is 19.8. The summed E-state index contributed by atoms with van der Waals surface area (Å²) in [6, 6.07) is 12.4. The van der Waals surface area contributed by atoms with Crippen LogP contribution in [0.4, 0.5) is 11.4 Å². The number of aryl methyl sites for hydroxylation is 2. The van der Waals surface area contributed by atoms with Crippen molar-refractivity contribution in [2.75, 3.05) is 30.4 Å². The van der Waals surface area contributed by atoms with Gasteiger partial charge in [0.1, 0.15) is 6.07 Å². The van der Waals surface area contributed by atoms with Crippen LogP contribution in [0.15, 0.2) is 30.3 Å². The van der Waals surface area contributed by atoms with Crippen LogP contribution in [0.5, 0.6) is 0 Å². The molecule has 146 valence electrons. The number of carbonyl (C=O) groups is 1. The second-order valence-electron chi connectivity index (χ2n) is 7.41. The summed E-state index contributed by atoms with van der Waals surface area (Å²) in [5.74, 6) is -0.291. The van der Waals surface area contributed by atoms with Crippen molar-refractivity contribution in [3.05, 3.63) is 58.1 Å². The van der Waals surface area contributed by atoms with Gasteiger partial charge in [0.15, 0.2) is 0 Å². The Morgan fingerprint density at radius 2 is 1.86 bits per heavy atom. The number of nitriles is 1. The number of nitrogens with zero attached hydrogens (tertiary/aromatic N) is 2. The molecule has 1 heterocycles. The Labute approximate surface area is 166 Å². The van der Waals surface area contributed by atoms with Crippen LogP contribution < -0.4 is 10.2 Å². The van der Waals surface area contributed by atoms with Crippen molar-refractivity contribution in [1.82, 2.24) is 0 Å². The molecule has 0 aromatic heterocycles. The molecule has 0 atom stereocenters. The van der Waals surface area contributed by atoms with Gasteiger partial charge >= 0.3 is 5.97 Å². The number of methoxy groups -OCH3 is 1. The number of rotatable bonds is 4. The topological polar surface area (TPSA) is 65.4 Å². The third-order valence-electron chi connectivity index (χ3n) is 5.57. The molecule has 0 aliphatic carbocycles. The Hall–Kier alpha value is -3.00. The third kappa shape index (κ3) is 3.82. The largest absolute Gasteiger partial charge is 0.465 e. The monoisotopic (exact) mass is 377 g/mol. The van der Waals surface area contributed by atoms with Crippen molar-refractivity contribution >= 4 is 17.3 Å². The van der Waals surface area contributed by atoms with Crippen molar-refractivity contribution in [1.29, 1.82) is 5.26 Å². The second-order valence-corrected chi connectivity index (χ2v) is 7.41. The Morgan fingerprint density at radius 1 is 1.18 bits per heavy atom. The molecule has 1 saturated heterocycles. The molecule has 0 amide bonds. The van der Waals surface area contributed by atoms with Crippen LogP contribution in [0.1, 0.15) is 45.5 Å². The van der Waals surface area contributed by atoms with Gasteiger partial charge in [0.25, 0.3) is 0 Å². The first-order valence-electron chi connectivity index (χ1n) is 9.66. The summed E-state index contributed by atoms with van der Waals surface area (Å²) in [6.45, 7) is 7.78. The van der Waals surface area contributed by atoms with Crippen LogP contribution in [0, 0.1) is 32.1 Å². The minimum absolute atomic E-state index is 0.291. The number of nitrogens with one attached hydrogen (secondary N) is 1. The Kier molecular flexibility index (Phi) is 5.89. The van der Waals surface area contributed by atoms with Gasteiger partial charge in [0.2, 0.25) is 0 Å². The summed E-state index contributed by atoms with van der Waals surface area (Å²) < 4.78 is 4.97. The second kappa shape index (κ2) is 8.35. The van der Waals surface area contributed by atoms with E-state index in [0.29, 0.717) is 11.6 Å². The number of hydrogen-bond acceptors (Lipinski definition) is 5. The molecule has 5 heteroatoms. The van der Waals surface area contributed by atoms with Crippen molar-refractivity contribution in [3.63, 3.8) is 0 Å².